The van der Waals surface area contributed by atoms with Crippen LogP contribution in [-0.2, 0) is 4.79 Å². The molecule has 0 unspecified atom stereocenters. The minimum atomic E-state index is -0.207. The Hall–Kier alpha value is -0.530. The molecular weight excluding hydrogens is 194 g/mol. The van der Waals surface area contributed by atoms with Crippen LogP contribution in [0.5, 0.6) is 0 Å². The van der Waals surface area contributed by atoms with Crippen LogP contribution < -0.4 is 0 Å². The van der Waals surface area contributed by atoms with Crippen LogP contribution in [0.25, 0.3) is 0 Å². The zero-order chi connectivity index (χ0) is 10.6. The SMILES string of the molecule is CC1(C)[C@H]2CC[C@]1(C)C(=O)[C@@H]2N=C=S. The molecule has 2 rings (SSSR count). The van der Waals surface area contributed by atoms with Crippen LogP contribution in [0.15, 0.2) is 4.99 Å². The minimum Gasteiger partial charge on any atom is -0.297 e. The summed E-state index contributed by atoms with van der Waals surface area (Å²) in [6.07, 6.45) is 2.10. The quantitative estimate of drug-likeness (QED) is 0.490. The number of thiocarbonyl (C=S) groups is 1. The molecule has 3 atom stereocenters. The van der Waals surface area contributed by atoms with Crippen molar-refractivity contribution in [3.05, 3.63) is 0 Å². The Morgan fingerprint density at radius 1 is 1.50 bits per heavy atom. The van der Waals surface area contributed by atoms with Crippen LogP contribution in [0.3, 0.4) is 0 Å². The molecule has 2 saturated carbocycles. The van der Waals surface area contributed by atoms with E-state index < -0.39 is 0 Å². The fourth-order valence-corrected chi connectivity index (χ4v) is 3.36. The Kier molecular flexibility index (Phi) is 1.96. The van der Waals surface area contributed by atoms with Crippen molar-refractivity contribution in [1.82, 2.24) is 0 Å². The average molecular weight is 209 g/mol. The average Bonchev–Trinajstić information content (AvgIpc) is 2.41. The first kappa shape index (κ1) is 10.0. The van der Waals surface area contributed by atoms with Gasteiger partial charge in [-0.05, 0) is 36.4 Å². The summed E-state index contributed by atoms with van der Waals surface area (Å²) in [7, 11) is 0. The van der Waals surface area contributed by atoms with Crippen molar-refractivity contribution in [2.45, 2.75) is 39.7 Å². The van der Waals surface area contributed by atoms with E-state index in [9.17, 15) is 4.79 Å². The zero-order valence-corrected chi connectivity index (χ0v) is 9.65. The number of Topliss-reactive ketones (excluding diaryl/α,β-unsaturated/α-hetero) is 1. The van der Waals surface area contributed by atoms with Crippen molar-refractivity contribution in [3.8, 4) is 0 Å². The molecule has 0 heterocycles. The van der Waals surface area contributed by atoms with Gasteiger partial charge < -0.3 is 0 Å². The van der Waals surface area contributed by atoms with Gasteiger partial charge in [-0.3, -0.25) is 4.79 Å². The molecule has 0 radical (unpaired) electrons. The number of fused-ring (bicyclic) bond motifs is 2. The lowest BCUT2D eigenvalue weighted by atomic mass is 9.70. The van der Waals surface area contributed by atoms with E-state index in [1.807, 2.05) is 0 Å². The van der Waals surface area contributed by atoms with Crippen LogP contribution >= 0.6 is 12.2 Å². The topological polar surface area (TPSA) is 29.4 Å². The van der Waals surface area contributed by atoms with Crippen molar-refractivity contribution in [2.24, 2.45) is 21.7 Å². The van der Waals surface area contributed by atoms with Gasteiger partial charge in [-0.1, -0.05) is 20.8 Å². The third kappa shape index (κ3) is 0.896. The Labute approximate surface area is 89.8 Å². The van der Waals surface area contributed by atoms with Gasteiger partial charge in [-0.15, -0.1) is 0 Å². The number of aliphatic imine (C=N–C) groups is 1. The van der Waals surface area contributed by atoms with E-state index in [0.29, 0.717) is 5.92 Å². The third-order valence-corrected chi connectivity index (χ3v) is 4.80. The molecule has 0 N–H and O–H groups in total. The first-order valence-corrected chi connectivity index (χ1v) is 5.47. The Morgan fingerprint density at radius 2 is 2.14 bits per heavy atom. The van der Waals surface area contributed by atoms with Crippen LogP contribution in [-0.4, -0.2) is 17.0 Å². The number of nitrogens with zero attached hydrogens (tertiary/aromatic N) is 1. The van der Waals surface area contributed by atoms with E-state index in [2.05, 4.69) is 43.1 Å². The molecule has 0 spiro atoms. The molecule has 0 saturated heterocycles. The zero-order valence-electron chi connectivity index (χ0n) is 8.83. The standard InChI is InChI=1S/C11H15NOS/c1-10(2)7-4-5-11(10,3)9(13)8(7)12-6-14/h7-8H,4-5H2,1-3H3/t7-,8+,11+/m0/s1. The summed E-state index contributed by atoms with van der Waals surface area (Å²) < 4.78 is 0. The number of hydrogen-bond donors (Lipinski definition) is 0. The van der Waals surface area contributed by atoms with E-state index in [0.717, 1.165) is 12.8 Å². The number of isothiocyanates is 1. The summed E-state index contributed by atoms with van der Waals surface area (Å²) >= 11 is 4.60. The summed E-state index contributed by atoms with van der Waals surface area (Å²) in [6.45, 7) is 6.44. The summed E-state index contributed by atoms with van der Waals surface area (Å²) in [4.78, 5) is 16.2. The maximum Gasteiger partial charge on any atom is 0.164 e. The van der Waals surface area contributed by atoms with Gasteiger partial charge in [0.25, 0.3) is 0 Å². The molecule has 0 aromatic rings. The molecule has 14 heavy (non-hydrogen) atoms. The van der Waals surface area contributed by atoms with Crippen LogP contribution in [0, 0.1) is 16.7 Å². The van der Waals surface area contributed by atoms with Crippen LogP contribution in [0.4, 0.5) is 0 Å². The van der Waals surface area contributed by atoms with E-state index >= 15 is 0 Å². The number of ketones is 1. The Morgan fingerprint density at radius 3 is 2.57 bits per heavy atom. The van der Waals surface area contributed by atoms with Crippen LogP contribution in [0.1, 0.15) is 33.6 Å². The van der Waals surface area contributed by atoms with Crippen molar-refractivity contribution < 1.29 is 4.79 Å². The molecule has 3 heteroatoms. The normalized spacial score (nSPS) is 43.8. The van der Waals surface area contributed by atoms with E-state index in [4.69, 9.17) is 0 Å². The second-order valence-electron chi connectivity index (χ2n) is 5.23. The second-order valence-corrected chi connectivity index (χ2v) is 5.41. The first-order valence-electron chi connectivity index (χ1n) is 5.06. The molecule has 0 aromatic heterocycles. The van der Waals surface area contributed by atoms with Crippen molar-refractivity contribution in [3.63, 3.8) is 0 Å². The molecule has 0 amide bonds. The Bertz CT molecular complexity index is 343. The monoisotopic (exact) mass is 209 g/mol. The van der Waals surface area contributed by atoms with Crippen LogP contribution in [0.2, 0.25) is 0 Å². The fourth-order valence-electron chi connectivity index (χ4n) is 3.24. The predicted octanol–water partition coefficient (Wildman–Crippen LogP) is 2.48. The van der Waals surface area contributed by atoms with Gasteiger partial charge in [0.2, 0.25) is 0 Å². The molecule has 0 aromatic carbocycles. The van der Waals surface area contributed by atoms with Gasteiger partial charge >= 0.3 is 0 Å². The lowest BCUT2D eigenvalue weighted by Crippen LogP contribution is -2.34. The van der Waals surface area contributed by atoms with Gasteiger partial charge in [0.1, 0.15) is 6.04 Å². The van der Waals surface area contributed by atoms with E-state index in [1.54, 1.807) is 0 Å². The Balaban J connectivity index is 2.49. The highest BCUT2D eigenvalue weighted by molar-refractivity contribution is 7.78. The number of hydrogen-bond acceptors (Lipinski definition) is 3. The molecule has 2 bridgehead atoms. The predicted molar refractivity (Wildman–Crippen MR) is 58.4 cm³/mol. The number of rotatable bonds is 1. The second kappa shape index (κ2) is 2.74. The maximum atomic E-state index is 12.1. The van der Waals surface area contributed by atoms with Crippen molar-refractivity contribution in [1.29, 1.82) is 0 Å². The third-order valence-electron chi connectivity index (χ3n) is 4.69. The van der Waals surface area contributed by atoms with E-state index in [1.165, 1.54) is 0 Å². The molecule has 2 aliphatic carbocycles. The summed E-state index contributed by atoms with van der Waals surface area (Å²) in [6, 6.07) is -0.207. The molecular formula is C11H15NOS. The first-order chi connectivity index (χ1) is 6.45. The van der Waals surface area contributed by atoms with E-state index in [-0.39, 0.29) is 22.7 Å². The number of carbonyl (C=O) groups excluding carboxylic acids is 1. The number of carbonyl (C=O) groups is 1. The largest absolute Gasteiger partial charge is 0.297 e. The highest BCUT2D eigenvalue weighted by Crippen LogP contribution is 2.64. The summed E-state index contributed by atoms with van der Waals surface area (Å²) in [5.41, 5.74) is -0.109. The highest BCUT2D eigenvalue weighted by atomic mass is 32.1. The van der Waals surface area contributed by atoms with Gasteiger partial charge in [0, 0.05) is 5.41 Å². The molecule has 2 nitrogen and oxygen atoms in total. The van der Waals surface area contributed by atoms with Gasteiger partial charge in [0.15, 0.2) is 5.78 Å². The maximum absolute atomic E-state index is 12.1. The molecule has 0 aliphatic heterocycles. The smallest absolute Gasteiger partial charge is 0.164 e. The summed E-state index contributed by atoms with van der Waals surface area (Å²) in [5.74, 6) is 0.645. The molecule has 2 fully saturated rings. The van der Waals surface area contributed by atoms with Gasteiger partial charge in [-0.2, -0.15) is 0 Å². The van der Waals surface area contributed by atoms with Crippen molar-refractivity contribution in [2.75, 3.05) is 0 Å². The van der Waals surface area contributed by atoms with Crippen molar-refractivity contribution >= 4 is 23.2 Å². The lowest BCUT2D eigenvalue weighted by molar-refractivity contribution is -0.129. The fraction of sp³-hybridized carbons (Fsp3) is 0.818. The van der Waals surface area contributed by atoms with Gasteiger partial charge in [-0.25, -0.2) is 4.99 Å². The molecule has 2 aliphatic rings. The summed E-state index contributed by atoms with van der Waals surface area (Å²) in [5, 5.41) is 2.37. The minimum absolute atomic E-state index is 0.0738. The highest BCUT2D eigenvalue weighted by Gasteiger charge is 2.66. The lowest BCUT2D eigenvalue weighted by Gasteiger charge is -2.31. The molecule has 76 valence electrons. The van der Waals surface area contributed by atoms with Gasteiger partial charge in [0.05, 0.1) is 5.16 Å².